The zero-order chi connectivity index (χ0) is 59.1. The summed E-state index contributed by atoms with van der Waals surface area (Å²) in [4.78, 5) is 21.3. The van der Waals surface area contributed by atoms with E-state index in [1.807, 2.05) is 0 Å². The standard InChI is InChI=1S/C84H60N4/c1-83(2)73-27-13-11-21-69(73)71-47-45-63(49-75(71)83)79-51-77(85-81(87-79)61-41-29-55(30-42-61)53-17-7-5-8-18-53)59-37-33-57(34-38-59)65-23-15-26-68-66(24-16-25-67(65)68)58-35-39-60(40-36-58)78-52-80(64-46-48-72-70-22-12-14-28-74(70)84(3,4)76(72)50-64)88-82(86-78)62-43-31-56(32-44-62)54-19-9-6-10-20-54/h5-52H,1-4H3. The first-order valence-corrected chi connectivity index (χ1v) is 30.4. The van der Waals surface area contributed by atoms with E-state index >= 15 is 0 Å². The highest BCUT2D eigenvalue weighted by atomic mass is 14.9. The summed E-state index contributed by atoms with van der Waals surface area (Å²) in [6.07, 6.45) is 0. The largest absolute Gasteiger partial charge is 0.228 e. The highest BCUT2D eigenvalue weighted by Crippen LogP contribution is 2.51. The van der Waals surface area contributed by atoms with E-state index in [-0.39, 0.29) is 10.8 Å². The van der Waals surface area contributed by atoms with Crippen molar-refractivity contribution in [3.63, 3.8) is 0 Å². The van der Waals surface area contributed by atoms with Crippen molar-refractivity contribution in [3.05, 3.63) is 313 Å². The van der Waals surface area contributed by atoms with Gasteiger partial charge in [-0.1, -0.05) is 295 Å². The zero-order valence-electron chi connectivity index (χ0n) is 49.5. The number of aromatic nitrogens is 4. The topological polar surface area (TPSA) is 51.6 Å². The van der Waals surface area contributed by atoms with E-state index in [4.69, 9.17) is 19.9 Å². The highest BCUT2D eigenvalue weighted by Gasteiger charge is 2.37. The fourth-order valence-electron chi connectivity index (χ4n) is 13.8. The second-order valence-corrected chi connectivity index (χ2v) is 24.5. The Morgan fingerprint density at radius 1 is 0.193 bits per heavy atom. The van der Waals surface area contributed by atoms with Crippen molar-refractivity contribution < 1.29 is 0 Å². The maximum Gasteiger partial charge on any atom is 0.160 e. The quantitative estimate of drug-likeness (QED) is 0.137. The van der Waals surface area contributed by atoms with Crippen LogP contribution in [0.25, 0.3) is 145 Å². The first-order chi connectivity index (χ1) is 43.1. The van der Waals surface area contributed by atoms with Crippen molar-refractivity contribution in [2.24, 2.45) is 0 Å². The van der Waals surface area contributed by atoms with Crippen LogP contribution in [-0.4, -0.2) is 19.9 Å². The summed E-state index contributed by atoms with van der Waals surface area (Å²) in [5.41, 5.74) is 29.2. The van der Waals surface area contributed by atoms with Gasteiger partial charge < -0.3 is 0 Å². The monoisotopic (exact) mass is 1120 g/mol. The van der Waals surface area contributed by atoms with Gasteiger partial charge in [-0.15, -0.1) is 0 Å². The van der Waals surface area contributed by atoms with E-state index in [1.165, 1.54) is 77.5 Å². The summed E-state index contributed by atoms with van der Waals surface area (Å²) in [6.45, 7) is 9.32. The van der Waals surface area contributed by atoms with E-state index in [0.29, 0.717) is 11.6 Å². The Balaban J connectivity index is 0.729. The lowest BCUT2D eigenvalue weighted by atomic mass is 9.82. The van der Waals surface area contributed by atoms with Crippen molar-refractivity contribution in [1.82, 2.24) is 19.9 Å². The fraction of sp³-hybridized carbons (Fsp3) is 0.0714. The molecule has 12 aromatic carbocycles. The van der Waals surface area contributed by atoms with Crippen LogP contribution in [0.5, 0.6) is 0 Å². The SMILES string of the molecule is CC1(C)c2ccccc2-c2ccc(-c3cc(-c4ccc(-c5cccc6c(-c7ccc(-c8cc(-c9ccc%10c(c9)C(C)(C)c9ccccc9-%10)nc(-c9ccc(-c%10ccccc%10)cc9)n8)cc7)cccc56)cc4)nc(-c4ccc(-c5ccccc5)cc4)n3)cc21. The molecule has 2 aromatic heterocycles. The van der Waals surface area contributed by atoms with Gasteiger partial charge in [0.15, 0.2) is 11.6 Å². The van der Waals surface area contributed by atoms with Gasteiger partial charge in [-0.05, 0) is 124 Å². The molecule has 416 valence electrons. The Labute approximate surface area is 514 Å². The van der Waals surface area contributed by atoms with Crippen LogP contribution in [0.3, 0.4) is 0 Å². The van der Waals surface area contributed by atoms with Crippen LogP contribution in [-0.2, 0) is 10.8 Å². The highest BCUT2D eigenvalue weighted by molar-refractivity contribution is 6.05. The molecular weight excluding hydrogens is 1060 g/mol. The van der Waals surface area contributed by atoms with Gasteiger partial charge in [0, 0.05) is 44.2 Å². The molecule has 0 atom stereocenters. The molecule has 0 aliphatic heterocycles. The van der Waals surface area contributed by atoms with Gasteiger partial charge in [-0.3, -0.25) is 0 Å². The molecular formula is C84H60N4. The number of rotatable bonds is 10. The summed E-state index contributed by atoms with van der Waals surface area (Å²) in [5, 5.41) is 2.38. The molecule has 16 rings (SSSR count). The number of hydrogen-bond acceptors (Lipinski definition) is 4. The smallest absolute Gasteiger partial charge is 0.160 e. The lowest BCUT2D eigenvalue weighted by Crippen LogP contribution is -2.14. The van der Waals surface area contributed by atoms with Crippen LogP contribution in [0.15, 0.2) is 291 Å². The first kappa shape index (κ1) is 52.6. The van der Waals surface area contributed by atoms with Crippen molar-refractivity contribution in [2.75, 3.05) is 0 Å². The van der Waals surface area contributed by atoms with Gasteiger partial charge in [0.2, 0.25) is 0 Å². The van der Waals surface area contributed by atoms with Crippen molar-refractivity contribution in [2.45, 2.75) is 38.5 Å². The number of nitrogens with zero attached hydrogens (tertiary/aromatic N) is 4. The maximum atomic E-state index is 5.32. The molecule has 0 unspecified atom stereocenters. The molecule has 0 saturated carbocycles. The lowest BCUT2D eigenvalue weighted by Gasteiger charge is -2.22. The molecule has 4 heteroatoms. The Morgan fingerprint density at radius 2 is 0.477 bits per heavy atom. The van der Waals surface area contributed by atoms with Gasteiger partial charge in [0.25, 0.3) is 0 Å². The molecule has 88 heavy (non-hydrogen) atoms. The average Bonchev–Trinajstić information content (AvgIpc) is 1.99. The van der Waals surface area contributed by atoms with Crippen LogP contribution < -0.4 is 0 Å². The predicted octanol–water partition coefficient (Wildman–Crippen LogP) is 21.7. The molecule has 0 bridgehead atoms. The molecule has 0 fully saturated rings. The number of fused-ring (bicyclic) bond motifs is 7. The lowest BCUT2D eigenvalue weighted by molar-refractivity contribution is 0.660. The van der Waals surface area contributed by atoms with Crippen LogP contribution in [0.2, 0.25) is 0 Å². The van der Waals surface area contributed by atoms with E-state index in [1.54, 1.807) is 0 Å². The predicted molar refractivity (Wildman–Crippen MR) is 365 cm³/mol. The fourth-order valence-corrected chi connectivity index (χ4v) is 13.8. The summed E-state index contributed by atoms with van der Waals surface area (Å²) in [5.74, 6) is 1.38. The first-order valence-electron chi connectivity index (χ1n) is 30.4. The molecule has 0 radical (unpaired) electrons. The van der Waals surface area contributed by atoms with E-state index in [0.717, 1.165) is 78.4 Å². The maximum absolute atomic E-state index is 5.32. The van der Waals surface area contributed by atoms with Crippen molar-refractivity contribution in [1.29, 1.82) is 0 Å². The Hall–Kier alpha value is -10.9. The van der Waals surface area contributed by atoms with Gasteiger partial charge >= 0.3 is 0 Å². The summed E-state index contributed by atoms with van der Waals surface area (Å²) in [7, 11) is 0. The minimum Gasteiger partial charge on any atom is -0.228 e. The number of hydrogen-bond donors (Lipinski definition) is 0. The van der Waals surface area contributed by atoms with E-state index in [9.17, 15) is 0 Å². The molecule has 2 aliphatic rings. The summed E-state index contributed by atoms with van der Waals surface area (Å²) in [6, 6.07) is 105. The van der Waals surface area contributed by atoms with Crippen LogP contribution in [0.1, 0.15) is 49.9 Å². The van der Waals surface area contributed by atoms with Gasteiger partial charge in [-0.25, -0.2) is 19.9 Å². The molecule has 14 aromatic rings. The van der Waals surface area contributed by atoms with Gasteiger partial charge in [0.1, 0.15) is 0 Å². The van der Waals surface area contributed by atoms with Crippen LogP contribution in [0.4, 0.5) is 0 Å². The molecule has 0 spiro atoms. The summed E-state index contributed by atoms with van der Waals surface area (Å²) >= 11 is 0. The molecule has 2 aliphatic carbocycles. The third-order valence-electron chi connectivity index (χ3n) is 18.6. The second-order valence-electron chi connectivity index (χ2n) is 24.5. The summed E-state index contributed by atoms with van der Waals surface area (Å²) < 4.78 is 0. The van der Waals surface area contributed by atoms with Crippen molar-refractivity contribution >= 4 is 10.8 Å². The van der Waals surface area contributed by atoms with Crippen LogP contribution >= 0.6 is 0 Å². The third-order valence-corrected chi connectivity index (χ3v) is 18.6. The number of benzene rings is 12. The Bertz CT molecular complexity index is 4700. The van der Waals surface area contributed by atoms with E-state index < -0.39 is 0 Å². The zero-order valence-corrected chi connectivity index (χ0v) is 49.5. The molecule has 0 amide bonds. The molecule has 4 nitrogen and oxygen atoms in total. The average molecular weight is 1130 g/mol. The molecule has 0 saturated heterocycles. The van der Waals surface area contributed by atoms with Crippen LogP contribution in [0, 0.1) is 0 Å². The molecule has 2 heterocycles. The van der Waals surface area contributed by atoms with Crippen molar-refractivity contribution in [3.8, 4) is 135 Å². The van der Waals surface area contributed by atoms with Gasteiger partial charge in [0.05, 0.1) is 22.8 Å². The van der Waals surface area contributed by atoms with E-state index in [2.05, 4.69) is 319 Å². The Morgan fingerprint density at radius 3 is 0.875 bits per heavy atom. The molecule has 0 N–H and O–H groups in total. The Kier molecular flexibility index (Phi) is 12.5. The minimum atomic E-state index is -0.139. The second kappa shape index (κ2) is 20.9. The minimum absolute atomic E-state index is 0.139. The normalized spacial score (nSPS) is 13.2. The van der Waals surface area contributed by atoms with Gasteiger partial charge in [-0.2, -0.15) is 0 Å². The third kappa shape index (κ3) is 9.07.